The molecule has 1 aliphatic carbocycles. The molecule has 1 heterocycles. The Kier molecular flexibility index (Phi) is 5.57. The Labute approximate surface area is 145 Å². The summed E-state index contributed by atoms with van der Waals surface area (Å²) in [7, 11) is 1.96. The largest absolute Gasteiger partial charge is 0.393 e. The number of benzene rings is 1. The van der Waals surface area contributed by atoms with E-state index in [1.54, 1.807) is 0 Å². The molecule has 4 heteroatoms. The van der Waals surface area contributed by atoms with E-state index in [0.29, 0.717) is 12.5 Å². The maximum Gasteiger partial charge on any atom is 0.237 e. The normalized spacial score (nSPS) is 23.5. The van der Waals surface area contributed by atoms with Gasteiger partial charge in [0.2, 0.25) is 5.91 Å². The van der Waals surface area contributed by atoms with Crippen molar-refractivity contribution in [1.29, 1.82) is 0 Å². The van der Waals surface area contributed by atoms with Crippen molar-refractivity contribution >= 4 is 5.91 Å². The van der Waals surface area contributed by atoms with Gasteiger partial charge in [-0.15, -0.1) is 0 Å². The number of fused-ring (bicyclic) bond motifs is 1. The first-order valence-corrected chi connectivity index (χ1v) is 9.30. The van der Waals surface area contributed by atoms with Crippen LogP contribution >= 0.6 is 0 Å². The number of aryl methyl sites for hydroxylation is 1. The van der Waals surface area contributed by atoms with E-state index in [-0.39, 0.29) is 18.1 Å². The molecule has 1 aromatic rings. The third-order valence-electron chi connectivity index (χ3n) is 5.87. The molecule has 2 unspecified atom stereocenters. The van der Waals surface area contributed by atoms with Crippen LogP contribution in [0.25, 0.3) is 0 Å². The zero-order chi connectivity index (χ0) is 17.1. The number of likely N-dealkylation sites (tertiary alicyclic amines) is 1. The monoisotopic (exact) mass is 330 g/mol. The molecular weight excluding hydrogens is 300 g/mol. The number of aliphatic hydroxyl groups excluding tert-OH is 1. The van der Waals surface area contributed by atoms with Crippen molar-refractivity contribution < 1.29 is 9.90 Å². The topological polar surface area (TPSA) is 43.8 Å². The van der Waals surface area contributed by atoms with Crippen LogP contribution in [-0.4, -0.2) is 53.6 Å². The van der Waals surface area contributed by atoms with E-state index in [1.807, 2.05) is 18.9 Å². The maximum atomic E-state index is 12.8. The Hall–Kier alpha value is -1.39. The number of hydrogen-bond donors (Lipinski definition) is 1. The number of aliphatic hydroxyl groups is 1. The minimum atomic E-state index is -0.232. The number of piperidine rings is 1. The Morgan fingerprint density at radius 2 is 2.00 bits per heavy atom. The van der Waals surface area contributed by atoms with E-state index in [4.69, 9.17) is 0 Å². The number of carbonyl (C=O) groups is 1. The van der Waals surface area contributed by atoms with Crippen LogP contribution in [0.5, 0.6) is 0 Å². The molecule has 2 atom stereocenters. The summed E-state index contributed by atoms with van der Waals surface area (Å²) < 4.78 is 0. The average Bonchev–Trinajstić information content (AvgIpc) is 2.61. The Morgan fingerprint density at radius 3 is 2.71 bits per heavy atom. The quantitative estimate of drug-likeness (QED) is 0.923. The van der Waals surface area contributed by atoms with Crippen molar-refractivity contribution in [3.05, 3.63) is 35.4 Å². The van der Waals surface area contributed by atoms with Gasteiger partial charge in [-0.05, 0) is 69.2 Å². The molecule has 0 aromatic heterocycles. The summed E-state index contributed by atoms with van der Waals surface area (Å²) in [4.78, 5) is 17.0. The van der Waals surface area contributed by atoms with Gasteiger partial charge in [-0.2, -0.15) is 0 Å². The van der Waals surface area contributed by atoms with Crippen molar-refractivity contribution in [3.8, 4) is 0 Å². The standard InChI is InChI=1S/C20H30N2O2/c1-15(23)16-10-12-22(13-11-16)14-20(24)21(2)19-9-5-7-17-6-3-4-8-18(17)19/h3-4,6,8,15-16,19,23H,5,7,9-14H2,1-2H3. The number of rotatable bonds is 4. The number of likely N-dealkylation sites (N-methyl/N-ethyl adjacent to an activating group) is 1. The highest BCUT2D eigenvalue weighted by molar-refractivity contribution is 5.78. The van der Waals surface area contributed by atoms with Gasteiger partial charge in [0.25, 0.3) is 0 Å². The Morgan fingerprint density at radius 1 is 1.29 bits per heavy atom. The van der Waals surface area contributed by atoms with Crippen molar-refractivity contribution in [2.24, 2.45) is 5.92 Å². The lowest BCUT2D eigenvalue weighted by Crippen LogP contribution is -2.44. The van der Waals surface area contributed by atoms with Crippen molar-refractivity contribution in [2.75, 3.05) is 26.7 Å². The van der Waals surface area contributed by atoms with Crippen LogP contribution in [0.3, 0.4) is 0 Å². The lowest BCUT2D eigenvalue weighted by Gasteiger charge is -2.36. The van der Waals surface area contributed by atoms with Gasteiger partial charge in [-0.1, -0.05) is 24.3 Å². The summed E-state index contributed by atoms with van der Waals surface area (Å²) >= 11 is 0. The molecule has 0 saturated carbocycles. The fourth-order valence-corrected chi connectivity index (χ4v) is 4.20. The fourth-order valence-electron chi connectivity index (χ4n) is 4.20. The molecule has 0 spiro atoms. The van der Waals surface area contributed by atoms with Crippen LogP contribution in [-0.2, 0) is 11.2 Å². The second-order valence-corrected chi connectivity index (χ2v) is 7.47. The highest BCUT2D eigenvalue weighted by atomic mass is 16.3. The van der Waals surface area contributed by atoms with Gasteiger partial charge < -0.3 is 10.0 Å². The van der Waals surface area contributed by atoms with E-state index in [9.17, 15) is 9.90 Å². The van der Waals surface area contributed by atoms with Gasteiger partial charge in [0.05, 0.1) is 18.7 Å². The molecule has 1 aliphatic heterocycles. The number of carbonyl (C=O) groups excluding carboxylic acids is 1. The summed E-state index contributed by atoms with van der Waals surface area (Å²) in [5, 5.41) is 9.70. The highest BCUT2D eigenvalue weighted by Crippen LogP contribution is 2.33. The van der Waals surface area contributed by atoms with Crippen LogP contribution in [0.2, 0.25) is 0 Å². The Bertz CT molecular complexity index is 565. The van der Waals surface area contributed by atoms with Gasteiger partial charge in [-0.25, -0.2) is 0 Å². The predicted octanol–water partition coefficient (Wildman–Crippen LogP) is 2.62. The molecule has 1 saturated heterocycles. The number of amides is 1. The molecule has 2 aliphatic rings. The minimum absolute atomic E-state index is 0.215. The summed E-state index contributed by atoms with van der Waals surface area (Å²) in [6.07, 6.45) is 5.08. The lowest BCUT2D eigenvalue weighted by atomic mass is 9.87. The smallest absolute Gasteiger partial charge is 0.237 e. The fraction of sp³-hybridized carbons (Fsp3) is 0.650. The second-order valence-electron chi connectivity index (χ2n) is 7.47. The lowest BCUT2D eigenvalue weighted by molar-refractivity contribution is -0.134. The predicted molar refractivity (Wildman–Crippen MR) is 95.7 cm³/mol. The molecule has 0 bridgehead atoms. The van der Waals surface area contributed by atoms with E-state index < -0.39 is 0 Å². The van der Waals surface area contributed by atoms with Crippen molar-refractivity contribution in [1.82, 2.24) is 9.80 Å². The highest BCUT2D eigenvalue weighted by Gasteiger charge is 2.29. The molecule has 3 rings (SSSR count). The van der Waals surface area contributed by atoms with E-state index in [0.717, 1.165) is 45.2 Å². The van der Waals surface area contributed by atoms with E-state index in [1.165, 1.54) is 11.1 Å². The molecule has 1 aromatic carbocycles. The van der Waals surface area contributed by atoms with Crippen LogP contribution in [0, 0.1) is 5.92 Å². The summed E-state index contributed by atoms with van der Waals surface area (Å²) in [6, 6.07) is 8.76. The van der Waals surface area contributed by atoms with Crippen molar-refractivity contribution in [2.45, 2.75) is 51.2 Å². The third-order valence-corrected chi connectivity index (χ3v) is 5.87. The van der Waals surface area contributed by atoms with Gasteiger partial charge in [-0.3, -0.25) is 9.69 Å². The average molecular weight is 330 g/mol. The first kappa shape index (κ1) is 17.4. The van der Waals surface area contributed by atoms with Gasteiger partial charge in [0.1, 0.15) is 0 Å². The van der Waals surface area contributed by atoms with E-state index in [2.05, 4.69) is 29.2 Å². The zero-order valence-corrected chi connectivity index (χ0v) is 14.9. The Balaban J connectivity index is 1.58. The molecule has 4 nitrogen and oxygen atoms in total. The van der Waals surface area contributed by atoms with Gasteiger partial charge >= 0.3 is 0 Å². The third kappa shape index (κ3) is 3.81. The van der Waals surface area contributed by atoms with Crippen LogP contribution < -0.4 is 0 Å². The zero-order valence-electron chi connectivity index (χ0n) is 14.9. The second kappa shape index (κ2) is 7.66. The summed E-state index contributed by atoms with van der Waals surface area (Å²) in [6.45, 7) is 4.20. The van der Waals surface area contributed by atoms with Crippen molar-refractivity contribution in [3.63, 3.8) is 0 Å². The maximum absolute atomic E-state index is 12.8. The SMILES string of the molecule is CC(O)C1CCN(CC(=O)N(C)C2CCCc3ccccc32)CC1. The van der Waals surface area contributed by atoms with Crippen LogP contribution in [0.15, 0.2) is 24.3 Å². The van der Waals surface area contributed by atoms with Gasteiger partial charge in [0, 0.05) is 7.05 Å². The molecule has 1 fully saturated rings. The molecule has 132 valence electrons. The molecule has 1 N–H and O–H groups in total. The van der Waals surface area contributed by atoms with Crippen LogP contribution in [0.1, 0.15) is 49.8 Å². The molecule has 0 radical (unpaired) electrons. The number of hydrogen-bond acceptors (Lipinski definition) is 3. The van der Waals surface area contributed by atoms with Crippen LogP contribution in [0.4, 0.5) is 0 Å². The molecule has 1 amide bonds. The number of nitrogens with zero attached hydrogens (tertiary/aromatic N) is 2. The van der Waals surface area contributed by atoms with Gasteiger partial charge in [0.15, 0.2) is 0 Å². The summed E-state index contributed by atoms with van der Waals surface area (Å²) in [5.74, 6) is 0.603. The first-order chi connectivity index (χ1) is 11.6. The molecular formula is C20H30N2O2. The summed E-state index contributed by atoms with van der Waals surface area (Å²) in [5.41, 5.74) is 2.72. The molecule has 24 heavy (non-hydrogen) atoms. The van der Waals surface area contributed by atoms with E-state index >= 15 is 0 Å². The first-order valence-electron chi connectivity index (χ1n) is 9.30. The minimum Gasteiger partial charge on any atom is -0.393 e.